The summed E-state index contributed by atoms with van der Waals surface area (Å²) in [5.41, 5.74) is 3.29. The largest absolute Gasteiger partial charge is 0.301 e. The Balaban J connectivity index is 0.000000597. The molecule has 0 spiro atoms. The van der Waals surface area contributed by atoms with Crippen LogP contribution in [0.4, 0.5) is 11.4 Å². The van der Waals surface area contributed by atoms with Gasteiger partial charge in [-0.25, -0.2) is 23.2 Å². The number of hydrogen-bond acceptors (Lipinski definition) is 5. The predicted octanol–water partition coefficient (Wildman–Crippen LogP) is -0.200. The molecule has 0 radical (unpaired) electrons. The quantitative estimate of drug-likeness (QED) is 0.403. The van der Waals surface area contributed by atoms with Crippen LogP contribution in [0.3, 0.4) is 0 Å². The average molecular weight is 399 g/mol. The van der Waals surface area contributed by atoms with Gasteiger partial charge in [-0.15, -0.1) is 10.2 Å². The van der Waals surface area contributed by atoms with E-state index in [1.807, 2.05) is 72.3 Å². The van der Waals surface area contributed by atoms with Crippen LogP contribution in [-0.4, -0.2) is 24.9 Å². The standard InChI is InChI=1S/C18H20ClN2.ClHO4/c1-15-8-7-11-17(14-15)21(16-9-5-4-6-10-16)18(19)12-13-20(2)3;2-1(3,4)5/h4-14H,1-3H3;(H,2,3,4,5)/q+1;/p-1. The lowest BCUT2D eigenvalue weighted by atomic mass is 10.2. The maximum absolute atomic E-state index is 8.49. The maximum atomic E-state index is 8.49. The van der Waals surface area contributed by atoms with E-state index in [0.29, 0.717) is 5.16 Å². The van der Waals surface area contributed by atoms with Crippen LogP contribution >= 0.6 is 11.6 Å². The molecular formula is C18H20Cl2N2O4. The first-order valence-corrected chi connectivity index (χ1v) is 9.10. The second kappa shape index (κ2) is 10.3. The second-order valence-corrected chi connectivity index (χ2v) is 6.63. The van der Waals surface area contributed by atoms with Gasteiger partial charge in [0.15, 0.2) is 6.21 Å². The summed E-state index contributed by atoms with van der Waals surface area (Å²) in [4.78, 5) is 2.04. The van der Waals surface area contributed by atoms with Crippen LogP contribution in [0.2, 0.25) is 0 Å². The molecule has 0 N–H and O–H groups in total. The van der Waals surface area contributed by atoms with Crippen molar-refractivity contribution in [2.75, 3.05) is 19.0 Å². The summed E-state index contributed by atoms with van der Waals surface area (Å²) >= 11 is 6.54. The minimum atomic E-state index is -4.94. The van der Waals surface area contributed by atoms with E-state index in [1.54, 1.807) is 0 Å². The maximum Gasteiger partial charge on any atom is 0.165 e. The molecule has 0 saturated heterocycles. The van der Waals surface area contributed by atoms with Gasteiger partial charge < -0.3 is 4.90 Å². The molecule has 0 aliphatic heterocycles. The Morgan fingerprint density at radius 3 is 2.00 bits per heavy atom. The summed E-state index contributed by atoms with van der Waals surface area (Å²) in [6, 6.07) is 18.4. The van der Waals surface area contributed by atoms with Crippen molar-refractivity contribution in [3.63, 3.8) is 0 Å². The number of allylic oxidation sites excluding steroid dienone is 1. The topological polar surface area (TPSA) is 98.5 Å². The third kappa shape index (κ3) is 8.96. The first-order valence-electron chi connectivity index (χ1n) is 7.48. The summed E-state index contributed by atoms with van der Waals surface area (Å²) in [6.45, 7) is 2.08. The lowest BCUT2D eigenvalue weighted by Gasteiger charge is -2.24. The number of hydrogen-bond donors (Lipinski definition) is 0. The molecular weight excluding hydrogens is 379 g/mol. The average Bonchev–Trinajstić information content (AvgIpc) is 2.53. The van der Waals surface area contributed by atoms with Crippen molar-refractivity contribution in [2.45, 2.75) is 6.92 Å². The van der Waals surface area contributed by atoms with Gasteiger partial charge >= 0.3 is 0 Å². The highest BCUT2D eigenvalue weighted by Crippen LogP contribution is 2.31. The summed E-state index contributed by atoms with van der Waals surface area (Å²) in [5.74, 6) is 0. The van der Waals surface area contributed by atoms with Gasteiger partial charge in [-0.3, -0.25) is 0 Å². The number of aryl methyl sites for hydroxylation is 1. The van der Waals surface area contributed by atoms with Crippen molar-refractivity contribution in [3.05, 3.63) is 71.4 Å². The van der Waals surface area contributed by atoms with Crippen molar-refractivity contribution in [2.24, 2.45) is 0 Å². The molecule has 0 aromatic heterocycles. The highest BCUT2D eigenvalue weighted by Gasteiger charge is 2.12. The lowest BCUT2D eigenvalue weighted by molar-refractivity contribution is -2.00. The third-order valence-electron chi connectivity index (χ3n) is 3.00. The molecule has 2 aromatic carbocycles. The van der Waals surface area contributed by atoms with Gasteiger partial charge in [0.2, 0.25) is 0 Å². The number of halogens is 2. The Kier molecular flexibility index (Phi) is 8.74. The van der Waals surface area contributed by atoms with Crippen molar-refractivity contribution in [1.82, 2.24) is 0 Å². The second-order valence-electron chi connectivity index (χ2n) is 5.49. The Hall–Kier alpha value is -1.93. The SMILES string of the molecule is Cc1cccc(N(/C(Cl)=C/C=[N+](C)C)c2ccccc2)c1.[O-][Cl+3]([O-])([O-])[O-]. The number of para-hydroxylation sites is 1. The molecule has 0 atom stereocenters. The lowest BCUT2D eigenvalue weighted by Crippen LogP contribution is -2.68. The van der Waals surface area contributed by atoms with Crippen LogP contribution in [0, 0.1) is 17.2 Å². The summed E-state index contributed by atoms with van der Waals surface area (Å²) in [7, 11) is -1.000. The predicted molar refractivity (Wildman–Crippen MR) is 91.9 cm³/mol. The summed E-state index contributed by atoms with van der Waals surface area (Å²) in [5, 5.41) is 0.653. The molecule has 0 fully saturated rings. The fourth-order valence-electron chi connectivity index (χ4n) is 2.02. The van der Waals surface area contributed by atoms with Gasteiger partial charge in [-0.1, -0.05) is 41.9 Å². The Labute approximate surface area is 160 Å². The molecule has 6 nitrogen and oxygen atoms in total. The zero-order valence-corrected chi connectivity index (χ0v) is 16.1. The molecule has 2 rings (SSSR count). The van der Waals surface area contributed by atoms with Crippen LogP contribution < -0.4 is 23.5 Å². The van der Waals surface area contributed by atoms with E-state index in [4.69, 9.17) is 30.2 Å². The van der Waals surface area contributed by atoms with Crippen LogP contribution in [0.5, 0.6) is 0 Å². The van der Waals surface area contributed by atoms with Crippen LogP contribution in [-0.2, 0) is 0 Å². The van der Waals surface area contributed by atoms with Crippen molar-refractivity contribution in [3.8, 4) is 0 Å². The third-order valence-corrected chi connectivity index (χ3v) is 3.29. The van der Waals surface area contributed by atoms with Gasteiger partial charge in [-0.05, 0) is 36.8 Å². The van der Waals surface area contributed by atoms with Gasteiger partial charge in [0, 0.05) is 17.5 Å². The first-order chi connectivity index (χ1) is 12.1. The number of anilines is 2. The zero-order valence-electron chi connectivity index (χ0n) is 14.6. The van der Waals surface area contributed by atoms with Gasteiger partial charge in [0.25, 0.3) is 0 Å². The van der Waals surface area contributed by atoms with E-state index in [1.165, 1.54) is 5.56 Å². The Morgan fingerprint density at radius 1 is 0.962 bits per heavy atom. The number of nitrogens with zero attached hydrogens (tertiary/aromatic N) is 2. The zero-order chi connectivity index (χ0) is 19.7. The normalized spacial score (nSPS) is 11.3. The van der Waals surface area contributed by atoms with Crippen molar-refractivity contribution >= 4 is 29.2 Å². The van der Waals surface area contributed by atoms with Gasteiger partial charge in [0.1, 0.15) is 19.3 Å². The van der Waals surface area contributed by atoms with Crippen molar-refractivity contribution in [1.29, 1.82) is 0 Å². The summed E-state index contributed by atoms with van der Waals surface area (Å²) < 4.78 is 35.9. The molecule has 140 valence electrons. The van der Waals surface area contributed by atoms with Crippen LogP contribution in [0.15, 0.2) is 65.8 Å². The van der Waals surface area contributed by atoms with Gasteiger partial charge in [0.05, 0.1) is 0 Å². The first kappa shape index (κ1) is 22.1. The fraction of sp³-hybridized carbons (Fsp3) is 0.167. The van der Waals surface area contributed by atoms with Crippen LogP contribution in [0.25, 0.3) is 0 Å². The molecule has 0 unspecified atom stereocenters. The summed E-state index contributed by atoms with van der Waals surface area (Å²) in [6.07, 6.45) is 3.84. The molecule has 0 bridgehead atoms. The van der Waals surface area contributed by atoms with Crippen molar-refractivity contribution < 1.29 is 33.5 Å². The number of benzene rings is 2. The molecule has 0 aliphatic carbocycles. The smallest absolute Gasteiger partial charge is 0.165 e. The Morgan fingerprint density at radius 2 is 1.50 bits per heavy atom. The fourth-order valence-corrected chi connectivity index (χ4v) is 2.28. The van der Waals surface area contributed by atoms with Gasteiger partial charge in [-0.2, -0.15) is 0 Å². The molecule has 0 aliphatic rings. The molecule has 0 amide bonds. The monoisotopic (exact) mass is 398 g/mol. The molecule has 8 heteroatoms. The van der Waals surface area contributed by atoms with E-state index in [0.717, 1.165) is 11.4 Å². The van der Waals surface area contributed by atoms with Crippen LogP contribution in [0.1, 0.15) is 5.56 Å². The minimum absolute atomic E-state index is 0.653. The van der Waals surface area contributed by atoms with E-state index >= 15 is 0 Å². The molecule has 2 aromatic rings. The molecule has 26 heavy (non-hydrogen) atoms. The molecule has 0 saturated carbocycles. The number of rotatable bonds is 4. The van der Waals surface area contributed by atoms with E-state index in [2.05, 4.69) is 25.1 Å². The minimum Gasteiger partial charge on any atom is -0.301 e. The van der Waals surface area contributed by atoms with E-state index < -0.39 is 10.2 Å². The van der Waals surface area contributed by atoms with E-state index in [9.17, 15) is 0 Å². The highest BCUT2D eigenvalue weighted by molar-refractivity contribution is 6.32. The highest BCUT2D eigenvalue weighted by atomic mass is 35.7. The Bertz CT molecular complexity index is 749. The van der Waals surface area contributed by atoms with E-state index in [-0.39, 0.29) is 0 Å². The molecule has 0 heterocycles.